The molecule has 0 aliphatic carbocycles. The van der Waals surface area contributed by atoms with Gasteiger partial charge in [0.05, 0.1) is 5.69 Å². The molecule has 1 aromatic carbocycles. The lowest BCUT2D eigenvalue weighted by molar-refractivity contribution is 0.252. The number of hydrogen-bond acceptors (Lipinski definition) is 1. The molecule has 2 amide bonds. The van der Waals surface area contributed by atoms with Crippen molar-refractivity contribution < 1.29 is 9.18 Å². The van der Waals surface area contributed by atoms with Gasteiger partial charge in [0.1, 0.15) is 5.82 Å². The van der Waals surface area contributed by atoms with Crippen molar-refractivity contribution in [1.29, 1.82) is 0 Å². The molecule has 5 heteroatoms. The van der Waals surface area contributed by atoms with Crippen molar-refractivity contribution in [3.8, 4) is 0 Å². The second kappa shape index (κ2) is 5.89. The summed E-state index contributed by atoms with van der Waals surface area (Å²) in [5.41, 5.74) is 0.616. The van der Waals surface area contributed by atoms with Crippen LogP contribution in [0.1, 0.15) is 13.3 Å². The first-order chi connectivity index (χ1) is 7.13. The zero-order valence-corrected chi connectivity index (χ0v) is 10.5. The SMILES string of the molecule is CCCNC(=O)Nc1ccc(F)cc1I. The number of carbonyl (C=O) groups is 1. The molecule has 82 valence electrons. The van der Waals surface area contributed by atoms with Gasteiger partial charge in [0.15, 0.2) is 0 Å². The van der Waals surface area contributed by atoms with Crippen molar-refractivity contribution >= 4 is 34.3 Å². The molecule has 2 N–H and O–H groups in total. The Bertz CT molecular complexity index is 357. The lowest BCUT2D eigenvalue weighted by atomic mass is 10.3. The van der Waals surface area contributed by atoms with E-state index in [-0.39, 0.29) is 11.8 Å². The number of halogens is 2. The summed E-state index contributed by atoms with van der Waals surface area (Å²) in [6.07, 6.45) is 0.883. The molecule has 0 fully saturated rings. The van der Waals surface area contributed by atoms with E-state index in [0.29, 0.717) is 15.8 Å². The summed E-state index contributed by atoms with van der Waals surface area (Å²) in [6.45, 7) is 2.60. The molecule has 0 aromatic heterocycles. The number of nitrogens with one attached hydrogen (secondary N) is 2. The van der Waals surface area contributed by atoms with Gasteiger partial charge >= 0.3 is 6.03 Å². The number of amides is 2. The first-order valence-corrected chi connectivity index (χ1v) is 5.71. The lowest BCUT2D eigenvalue weighted by Crippen LogP contribution is -2.29. The Morgan fingerprint density at radius 2 is 2.27 bits per heavy atom. The molecule has 0 unspecified atom stereocenters. The van der Waals surface area contributed by atoms with Crippen LogP contribution < -0.4 is 10.6 Å². The number of rotatable bonds is 3. The van der Waals surface area contributed by atoms with Crippen LogP contribution in [0.3, 0.4) is 0 Å². The smallest absolute Gasteiger partial charge is 0.319 e. The van der Waals surface area contributed by atoms with E-state index in [0.717, 1.165) is 6.42 Å². The maximum Gasteiger partial charge on any atom is 0.319 e. The molecule has 0 bridgehead atoms. The van der Waals surface area contributed by atoms with Gasteiger partial charge in [-0.1, -0.05) is 6.92 Å². The monoisotopic (exact) mass is 322 g/mol. The highest BCUT2D eigenvalue weighted by Gasteiger charge is 2.04. The third-order valence-corrected chi connectivity index (χ3v) is 2.61. The van der Waals surface area contributed by atoms with Crippen LogP contribution in [0.25, 0.3) is 0 Å². The van der Waals surface area contributed by atoms with Crippen molar-refractivity contribution in [3.05, 3.63) is 27.6 Å². The van der Waals surface area contributed by atoms with Crippen LogP contribution in [0.2, 0.25) is 0 Å². The minimum Gasteiger partial charge on any atom is -0.338 e. The quantitative estimate of drug-likeness (QED) is 0.826. The van der Waals surface area contributed by atoms with Gasteiger partial charge in [0.2, 0.25) is 0 Å². The molecule has 0 saturated carbocycles. The Hall–Kier alpha value is -0.850. The topological polar surface area (TPSA) is 41.1 Å². The van der Waals surface area contributed by atoms with E-state index in [1.165, 1.54) is 12.1 Å². The fraction of sp³-hybridized carbons (Fsp3) is 0.300. The third kappa shape index (κ3) is 4.03. The summed E-state index contributed by atoms with van der Waals surface area (Å²) in [7, 11) is 0. The number of hydrogen-bond donors (Lipinski definition) is 2. The standard InChI is InChI=1S/C10H12FIN2O/c1-2-5-13-10(15)14-9-4-3-7(11)6-8(9)12/h3-4,6H,2,5H2,1H3,(H2,13,14,15). The van der Waals surface area contributed by atoms with Gasteiger partial charge in [-0.25, -0.2) is 9.18 Å². The molecule has 0 atom stereocenters. The normalized spacial score (nSPS) is 9.80. The van der Waals surface area contributed by atoms with Crippen molar-refractivity contribution in [2.24, 2.45) is 0 Å². The fourth-order valence-electron chi connectivity index (χ4n) is 0.996. The number of anilines is 1. The van der Waals surface area contributed by atoms with Crippen molar-refractivity contribution in [2.45, 2.75) is 13.3 Å². The molecular weight excluding hydrogens is 310 g/mol. The van der Waals surface area contributed by atoms with Crippen molar-refractivity contribution in [3.63, 3.8) is 0 Å². The third-order valence-electron chi connectivity index (χ3n) is 1.71. The van der Waals surface area contributed by atoms with Gasteiger partial charge < -0.3 is 10.6 Å². The van der Waals surface area contributed by atoms with Gasteiger partial charge in [-0.3, -0.25) is 0 Å². The molecule has 1 aromatic rings. The Kier molecular flexibility index (Phi) is 4.80. The highest BCUT2D eigenvalue weighted by Crippen LogP contribution is 2.18. The second-order valence-corrected chi connectivity index (χ2v) is 4.17. The van der Waals surface area contributed by atoms with Crippen LogP contribution in [0.4, 0.5) is 14.9 Å². The zero-order chi connectivity index (χ0) is 11.3. The second-order valence-electron chi connectivity index (χ2n) is 3.01. The first-order valence-electron chi connectivity index (χ1n) is 4.63. The average molecular weight is 322 g/mol. The summed E-state index contributed by atoms with van der Waals surface area (Å²) in [4.78, 5) is 11.3. The molecule has 3 nitrogen and oxygen atoms in total. The van der Waals surface area contributed by atoms with Crippen LogP contribution in [-0.2, 0) is 0 Å². The van der Waals surface area contributed by atoms with Crippen LogP contribution in [-0.4, -0.2) is 12.6 Å². The summed E-state index contributed by atoms with van der Waals surface area (Å²) in [5.74, 6) is -0.307. The highest BCUT2D eigenvalue weighted by molar-refractivity contribution is 14.1. The van der Waals surface area contributed by atoms with Gasteiger partial charge in [0.25, 0.3) is 0 Å². The van der Waals surface area contributed by atoms with E-state index in [2.05, 4.69) is 10.6 Å². The van der Waals surface area contributed by atoms with Gasteiger partial charge in [0, 0.05) is 10.1 Å². The number of urea groups is 1. The lowest BCUT2D eigenvalue weighted by Gasteiger charge is -2.08. The predicted octanol–water partition coefficient (Wildman–Crippen LogP) is 2.96. The molecule has 0 aliphatic heterocycles. The minimum absolute atomic E-state index is 0.263. The molecule has 0 aliphatic rings. The maximum atomic E-state index is 12.8. The molecule has 1 rings (SSSR count). The van der Waals surface area contributed by atoms with E-state index >= 15 is 0 Å². The largest absolute Gasteiger partial charge is 0.338 e. The zero-order valence-electron chi connectivity index (χ0n) is 8.31. The summed E-state index contributed by atoms with van der Waals surface area (Å²) in [5, 5.41) is 5.32. The summed E-state index contributed by atoms with van der Waals surface area (Å²) >= 11 is 1.97. The number of benzene rings is 1. The van der Waals surface area contributed by atoms with Gasteiger partial charge in [-0.2, -0.15) is 0 Å². The Morgan fingerprint density at radius 3 is 2.87 bits per heavy atom. The van der Waals surface area contributed by atoms with Crippen molar-refractivity contribution in [1.82, 2.24) is 5.32 Å². The Labute approximate surface area is 102 Å². The van der Waals surface area contributed by atoms with E-state index in [1.807, 2.05) is 29.5 Å². The van der Waals surface area contributed by atoms with Crippen LogP contribution >= 0.6 is 22.6 Å². The molecule has 0 saturated heterocycles. The molecule has 0 radical (unpaired) electrons. The van der Waals surface area contributed by atoms with Gasteiger partial charge in [-0.15, -0.1) is 0 Å². The summed E-state index contributed by atoms with van der Waals surface area (Å²) < 4.78 is 13.4. The fourth-order valence-corrected chi connectivity index (χ4v) is 1.61. The summed E-state index contributed by atoms with van der Waals surface area (Å²) in [6, 6.07) is 3.97. The first kappa shape index (κ1) is 12.2. The molecule has 15 heavy (non-hydrogen) atoms. The predicted molar refractivity (Wildman–Crippen MR) is 66.4 cm³/mol. The minimum atomic E-state index is -0.307. The van der Waals surface area contributed by atoms with Crippen LogP contribution in [0.15, 0.2) is 18.2 Å². The molecule has 0 heterocycles. The number of carbonyl (C=O) groups excluding carboxylic acids is 1. The molecular formula is C10H12FIN2O. The Morgan fingerprint density at radius 1 is 1.53 bits per heavy atom. The van der Waals surface area contributed by atoms with Crippen LogP contribution in [0.5, 0.6) is 0 Å². The van der Waals surface area contributed by atoms with E-state index in [1.54, 1.807) is 6.07 Å². The Balaban J connectivity index is 2.60. The molecule has 0 spiro atoms. The average Bonchev–Trinajstić information content (AvgIpc) is 2.19. The highest BCUT2D eigenvalue weighted by atomic mass is 127. The maximum absolute atomic E-state index is 12.8. The van der Waals surface area contributed by atoms with E-state index in [9.17, 15) is 9.18 Å². The van der Waals surface area contributed by atoms with Gasteiger partial charge in [-0.05, 0) is 47.2 Å². The van der Waals surface area contributed by atoms with Crippen molar-refractivity contribution in [2.75, 3.05) is 11.9 Å². The van der Waals surface area contributed by atoms with Crippen LogP contribution in [0, 0.1) is 9.39 Å². The van der Waals surface area contributed by atoms with E-state index < -0.39 is 0 Å². The van der Waals surface area contributed by atoms with E-state index in [4.69, 9.17) is 0 Å².